The van der Waals surface area contributed by atoms with Gasteiger partial charge in [0.1, 0.15) is 0 Å². The van der Waals surface area contributed by atoms with Crippen molar-refractivity contribution in [1.82, 2.24) is 0 Å². The molecule has 3 rings (SSSR count). The molecule has 1 aliphatic rings. The number of hydrogen-bond acceptors (Lipinski definition) is 3. The first-order valence-corrected chi connectivity index (χ1v) is 9.40. The van der Waals surface area contributed by atoms with Crippen molar-refractivity contribution >= 4 is 44.2 Å². The SMILES string of the molecule is Nc1ccc(S(=O)CC2CSc3ccccc32)c(Br)c1. The largest absolute Gasteiger partial charge is 0.399 e. The van der Waals surface area contributed by atoms with Crippen molar-refractivity contribution in [3.05, 3.63) is 52.5 Å². The van der Waals surface area contributed by atoms with Crippen LogP contribution in [0.5, 0.6) is 0 Å². The third-order valence-corrected chi connectivity index (χ3v) is 7.07. The lowest BCUT2D eigenvalue weighted by atomic mass is 10.0. The van der Waals surface area contributed by atoms with Crippen LogP contribution in [0.25, 0.3) is 0 Å². The lowest BCUT2D eigenvalue weighted by Gasteiger charge is -2.11. The van der Waals surface area contributed by atoms with Crippen LogP contribution in [0.3, 0.4) is 0 Å². The van der Waals surface area contributed by atoms with E-state index in [-0.39, 0.29) is 0 Å². The van der Waals surface area contributed by atoms with Gasteiger partial charge in [-0.3, -0.25) is 4.21 Å². The number of nitrogen functional groups attached to an aromatic ring is 1. The van der Waals surface area contributed by atoms with Gasteiger partial charge >= 0.3 is 0 Å². The van der Waals surface area contributed by atoms with E-state index in [0.29, 0.717) is 17.4 Å². The quantitative estimate of drug-likeness (QED) is 0.832. The Labute approximate surface area is 133 Å². The first kappa shape index (κ1) is 14.2. The molecule has 104 valence electrons. The van der Waals surface area contributed by atoms with Crippen molar-refractivity contribution in [1.29, 1.82) is 0 Å². The van der Waals surface area contributed by atoms with Crippen molar-refractivity contribution in [3.63, 3.8) is 0 Å². The zero-order valence-corrected chi connectivity index (χ0v) is 13.9. The summed E-state index contributed by atoms with van der Waals surface area (Å²) in [7, 11) is -1.02. The van der Waals surface area contributed by atoms with E-state index in [9.17, 15) is 4.21 Å². The predicted molar refractivity (Wildman–Crippen MR) is 89.7 cm³/mol. The molecule has 5 heteroatoms. The fourth-order valence-corrected chi connectivity index (χ4v) is 6.02. The van der Waals surface area contributed by atoms with Gasteiger partial charge in [-0.2, -0.15) is 0 Å². The van der Waals surface area contributed by atoms with Crippen LogP contribution < -0.4 is 5.73 Å². The second-order valence-corrected chi connectivity index (χ2v) is 8.13. The second kappa shape index (κ2) is 5.92. The summed E-state index contributed by atoms with van der Waals surface area (Å²) in [5.41, 5.74) is 7.73. The Bertz CT molecular complexity index is 675. The summed E-state index contributed by atoms with van der Waals surface area (Å²) < 4.78 is 13.4. The summed E-state index contributed by atoms with van der Waals surface area (Å²) >= 11 is 5.30. The minimum atomic E-state index is -1.02. The smallest absolute Gasteiger partial charge is 0.0547 e. The minimum Gasteiger partial charge on any atom is -0.399 e. The van der Waals surface area contributed by atoms with Crippen LogP contribution in [0.2, 0.25) is 0 Å². The van der Waals surface area contributed by atoms with Gasteiger partial charge in [0, 0.05) is 32.5 Å². The molecule has 0 saturated carbocycles. The molecule has 1 heterocycles. The zero-order valence-electron chi connectivity index (χ0n) is 10.7. The summed E-state index contributed by atoms with van der Waals surface area (Å²) in [5, 5.41) is 0. The molecule has 0 fully saturated rings. The molecule has 0 amide bonds. The van der Waals surface area contributed by atoms with Gasteiger partial charge in [0.15, 0.2) is 0 Å². The third kappa shape index (κ3) is 2.80. The van der Waals surface area contributed by atoms with Crippen molar-refractivity contribution in [2.24, 2.45) is 0 Å². The van der Waals surface area contributed by atoms with Gasteiger partial charge in [0.2, 0.25) is 0 Å². The van der Waals surface area contributed by atoms with Crippen LogP contribution in [0, 0.1) is 0 Å². The minimum absolute atomic E-state index is 0.362. The molecule has 1 aliphatic heterocycles. The summed E-state index contributed by atoms with van der Waals surface area (Å²) in [4.78, 5) is 2.15. The number of fused-ring (bicyclic) bond motifs is 1. The monoisotopic (exact) mass is 367 g/mol. The van der Waals surface area contributed by atoms with E-state index in [1.807, 2.05) is 23.9 Å². The number of anilines is 1. The summed E-state index contributed by atoms with van der Waals surface area (Å²) in [6.07, 6.45) is 0. The highest BCUT2D eigenvalue weighted by atomic mass is 79.9. The predicted octanol–water partition coefficient (Wildman–Crippen LogP) is 4.03. The first-order chi connectivity index (χ1) is 9.65. The molecule has 2 unspecified atom stereocenters. The van der Waals surface area contributed by atoms with E-state index in [1.165, 1.54) is 10.5 Å². The zero-order chi connectivity index (χ0) is 14.1. The molecule has 0 bridgehead atoms. The molecule has 0 aromatic heterocycles. The van der Waals surface area contributed by atoms with Crippen molar-refractivity contribution in [2.75, 3.05) is 17.2 Å². The molecule has 0 spiro atoms. The van der Waals surface area contributed by atoms with Crippen LogP contribution in [0.15, 0.2) is 56.7 Å². The summed E-state index contributed by atoms with van der Waals surface area (Å²) in [6.45, 7) is 0. The van der Waals surface area contributed by atoms with E-state index < -0.39 is 10.8 Å². The van der Waals surface area contributed by atoms with Gasteiger partial charge in [-0.1, -0.05) is 18.2 Å². The van der Waals surface area contributed by atoms with Crippen LogP contribution in [-0.2, 0) is 10.8 Å². The van der Waals surface area contributed by atoms with E-state index in [2.05, 4.69) is 40.2 Å². The standard InChI is InChI=1S/C15H14BrNOS2/c16-13-7-11(17)5-6-15(13)20(18)9-10-8-19-14-4-2-1-3-12(10)14/h1-7,10H,8-9,17H2. The highest BCUT2D eigenvalue weighted by Crippen LogP contribution is 2.40. The molecular formula is C15H14BrNOS2. The fourth-order valence-electron chi connectivity index (χ4n) is 2.34. The molecule has 2 aromatic carbocycles. The number of hydrogen-bond donors (Lipinski definition) is 1. The highest BCUT2D eigenvalue weighted by Gasteiger charge is 2.25. The number of benzene rings is 2. The molecular weight excluding hydrogens is 354 g/mol. The Balaban J connectivity index is 1.81. The normalized spacial score (nSPS) is 18.8. The van der Waals surface area contributed by atoms with E-state index >= 15 is 0 Å². The topological polar surface area (TPSA) is 43.1 Å². The lowest BCUT2D eigenvalue weighted by molar-refractivity contribution is 0.678. The van der Waals surface area contributed by atoms with Crippen LogP contribution in [0.4, 0.5) is 5.69 Å². The van der Waals surface area contributed by atoms with Crippen molar-refractivity contribution in [3.8, 4) is 0 Å². The number of thioether (sulfide) groups is 1. The Kier molecular flexibility index (Phi) is 4.19. The molecule has 2 N–H and O–H groups in total. The van der Waals surface area contributed by atoms with Crippen molar-refractivity contribution in [2.45, 2.75) is 15.7 Å². The first-order valence-electron chi connectivity index (χ1n) is 6.30. The Morgan fingerprint density at radius 2 is 2.10 bits per heavy atom. The maximum Gasteiger partial charge on any atom is 0.0547 e. The van der Waals surface area contributed by atoms with E-state index in [4.69, 9.17) is 5.73 Å². The fraction of sp³-hybridized carbons (Fsp3) is 0.200. The molecule has 0 radical (unpaired) electrons. The molecule has 0 saturated heterocycles. The van der Waals surface area contributed by atoms with Crippen molar-refractivity contribution < 1.29 is 4.21 Å². The third-order valence-electron chi connectivity index (χ3n) is 3.35. The van der Waals surface area contributed by atoms with E-state index in [1.54, 1.807) is 6.07 Å². The Morgan fingerprint density at radius 3 is 2.90 bits per heavy atom. The maximum absolute atomic E-state index is 12.6. The van der Waals surface area contributed by atoms with Gasteiger partial charge in [0.05, 0.1) is 15.7 Å². The van der Waals surface area contributed by atoms with Gasteiger partial charge in [-0.15, -0.1) is 11.8 Å². The molecule has 2 aromatic rings. The second-order valence-electron chi connectivity index (χ2n) is 4.75. The van der Waals surface area contributed by atoms with E-state index in [0.717, 1.165) is 15.1 Å². The average molecular weight is 368 g/mol. The number of rotatable bonds is 3. The molecule has 2 atom stereocenters. The van der Waals surface area contributed by atoms with Gasteiger partial charge < -0.3 is 5.73 Å². The van der Waals surface area contributed by atoms with Gasteiger partial charge in [-0.25, -0.2) is 0 Å². The average Bonchev–Trinajstić information content (AvgIpc) is 2.82. The summed E-state index contributed by atoms with van der Waals surface area (Å²) in [6, 6.07) is 13.9. The maximum atomic E-state index is 12.6. The van der Waals surface area contributed by atoms with Crippen LogP contribution in [0.1, 0.15) is 11.5 Å². The Morgan fingerprint density at radius 1 is 1.30 bits per heavy atom. The summed E-state index contributed by atoms with van der Waals surface area (Å²) in [5.74, 6) is 2.03. The lowest BCUT2D eigenvalue weighted by Crippen LogP contribution is -2.10. The number of nitrogens with two attached hydrogens (primary N) is 1. The number of halogens is 1. The van der Waals surface area contributed by atoms with Crippen LogP contribution >= 0.6 is 27.7 Å². The van der Waals surface area contributed by atoms with Gasteiger partial charge in [-0.05, 0) is 45.8 Å². The Hall–Kier alpha value is -0.780. The van der Waals surface area contributed by atoms with Gasteiger partial charge in [0.25, 0.3) is 0 Å². The molecule has 2 nitrogen and oxygen atoms in total. The highest BCUT2D eigenvalue weighted by molar-refractivity contribution is 9.10. The molecule has 20 heavy (non-hydrogen) atoms. The van der Waals surface area contributed by atoms with Crippen LogP contribution in [-0.4, -0.2) is 15.7 Å². The molecule has 0 aliphatic carbocycles.